The van der Waals surface area contributed by atoms with Gasteiger partial charge in [-0.25, -0.2) is 9.97 Å². The highest BCUT2D eigenvalue weighted by atomic mass is 35.5. The lowest BCUT2D eigenvalue weighted by Gasteiger charge is -2.22. The number of fused-ring (bicyclic) bond motifs is 1. The average molecular weight is 377 g/mol. The number of nitrogens with zero attached hydrogens (tertiary/aromatic N) is 4. The van der Waals surface area contributed by atoms with Crippen LogP contribution in [0.25, 0.3) is 17.0 Å². The van der Waals surface area contributed by atoms with Crippen LogP contribution in [0.15, 0.2) is 36.7 Å². The van der Waals surface area contributed by atoms with Gasteiger partial charge in [0.05, 0.1) is 5.02 Å². The van der Waals surface area contributed by atoms with Crippen molar-refractivity contribution in [3.05, 3.63) is 46.7 Å². The largest absolute Gasteiger partial charge is 0.296 e. The predicted molar refractivity (Wildman–Crippen MR) is 101 cm³/mol. The van der Waals surface area contributed by atoms with Gasteiger partial charge >= 0.3 is 0 Å². The Morgan fingerprint density at radius 2 is 2.12 bits per heavy atom. The Kier molecular flexibility index (Phi) is 5.25. The first kappa shape index (κ1) is 17.7. The third kappa shape index (κ3) is 3.48. The Morgan fingerprint density at radius 1 is 1.32 bits per heavy atom. The highest BCUT2D eigenvalue weighted by Gasteiger charge is 2.24. The lowest BCUT2D eigenvalue weighted by atomic mass is 10.1. The number of amides is 1. The Hall–Kier alpha value is -2.11. The molecule has 1 aromatic carbocycles. The molecule has 0 N–H and O–H groups in total. The Morgan fingerprint density at radius 3 is 2.80 bits per heavy atom. The zero-order chi connectivity index (χ0) is 18.0. The lowest BCUT2D eigenvalue weighted by molar-refractivity contribution is -0.116. The predicted octanol–water partition coefficient (Wildman–Crippen LogP) is 4.86. The summed E-state index contributed by atoms with van der Waals surface area (Å²) >= 11 is 12.4. The minimum atomic E-state index is -0.0505. The first-order valence-corrected chi connectivity index (χ1v) is 8.85. The number of hydrogen-bond acceptors (Lipinski definition) is 3. The van der Waals surface area contributed by atoms with Crippen molar-refractivity contribution >= 4 is 40.7 Å². The SMILES string of the molecule is CCCCN(C(C)=O)c1c(-c2ccc(Cl)cc2Cl)nc2ncccn12. The van der Waals surface area contributed by atoms with Gasteiger partial charge in [0.15, 0.2) is 0 Å². The minimum absolute atomic E-state index is 0.0505. The van der Waals surface area contributed by atoms with Gasteiger partial charge in [-0.3, -0.25) is 14.1 Å². The fourth-order valence-electron chi connectivity index (χ4n) is 2.72. The van der Waals surface area contributed by atoms with Crippen LogP contribution in [0, 0.1) is 0 Å². The molecule has 5 nitrogen and oxygen atoms in total. The van der Waals surface area contributed by atoms with Gasteiger partial charge in [-0.2, -0.15) is 0 Å². The van der Waals surface area contributed by atoms with E-state index in [-0.39, 0.29) is 5.91 Å². The van der Waals surface area contributed by atoms with E-state index in [1.165, 1.54) is 0 Å². The van der Waals surface area contributed by atoms with E-state index in [4.69, 9.17) is 23.2 Å². The normalized spacial score (nSPS) is 11.0. The number of hydrogen-bond donors (Lipinski definition) is 0. The first-order valence-electron chi connectivity index (χ1n) is 8.09. The molecule has 2 aromatic heterocycles. The van der Waals surface area contributed by atoms with Gasteiger partial charge in [0.2, 0.25) is 11.7 Å². The van der Waals surface area contributed by atoms with Crippen LogP contribution in [0.5, 0.6) is 0 Å². The summed E-state index contributed by atoms with van der Waals surface area (Å²) in [5.74, 6) is 1.14. The summed E-state index contributed by atoms with van der Waals surface area (Å²) < 4.78 is 1.82. The summed E-state index contributed by atoms with van der Waals surface area (Å²) in [4.78, 5) is 23.0. The average Bonchev–Trinajstić information content (AvgIpc) is 2.94. The molecule has 0 aliphatic rings. The molecule has 0 fully saturated rings. The number of unbranched alkanes of at least 4 members (excludes halogenated alkanes) is 1. The van der Waals surface area contributed by atoms with E-state index in [0.29, 0.717) is 39.4 Å². The molecular weight excluding hydrogens is 359 g/mol. The van der Waals surface area contributed by atoms with E-state index in [0.717, 1.165) is 12.8 Å². The second kappa shape index (κ2) is 7.42. The van der Waals surface area contributed by atoms with Gasteiger partial charge in [0.1, 0.15) is 11.5 Å². The maximum Gasteiger partial charge on any atom is 0.235 e. The molecule has 3 rings (SSSR count). The molecule has 0 bridgehead atoms. The molecule has 0 saturated heterocycles. The third-order valence-electron chi connectivity index (χ3n) is 3.94. The number of rotatable bonds is 5. The summed E-state index contributed by atoms with van der Waals surface area (Å²) in [5, 5.41) is 1.03. The number of halogens is 2. The topological polar surface area (TPSA) is 50.5 Å². The van der Waals surface area contributed by atoms with Crippen LogP contribution in [0.3, 0.4) is 0 Å². The molecule has 7 heteroatoms. The molecule has 0 radical (unpaired) electrons. The van der Waals surface area contributed by atoms with E-state index in [1.807, 2.05) is 22.7 Å². The van der Waals surface area contributed by atoms with Crippen LogP contribution < -0.4 is 4.90 Å². The van der Waals surface area contributed by atoms with Crippen molar-refractivity contribution in [2.24, 2.45) is 0 Å². The fourth-order valence-corrected chi connectivity index (χ4v) is 3.22. The zero-order valence-electron chi connectivity index (χ0n) is 14.0. The molecule has 25 heavy (non-hydrogen) atoms. The number of anilines is 1. The van der Waals surface area contributed by atoms with Crippen molar-refractivity contribution in [1.82, 2.24) is 14.4 Å². The molecule has 0 spiro atoms. The maximum atomic E-state index is 12.3. The Bertz CT molecular complexity index is 923. The molecule has 2 heterocycles. The van der Waals surface area contributed by atoms with Gasteiger partial charge in [0, 0.05) is 36.4 Å². The molecule has 0 aliphatic heterocycles. The zero-order valence-corrected chi connectivity index (χ0v) is 15.6. The standard InChI is InChI=1S/C18H18Cl2N4O/c1-3-4-9-23(12(2)25)17-16(14-7-6-13(19)11-15(14)20)22-18-21-8-5-10-24(17)18/h5-8,10-11H,3-4,9H2,1-2H3. The van der Waals surface area contributed by atoms with Crippen LogP contribution >= 0.6 is 23.2 Å². The second-order valence-corrected chi connectivity index (χ2v) is 6.57. The molecule has 130 valence electrons. The monoisotopic (exact) mass is 376 g/mol. The van der Waals surface area contributed by atoms with Gasteiger partial charge < -0.3 is 0 Å². The second-order valence-electron chi connectivity index (χ2n) is 5.72. The van der Waals surface area contributed by atoms with E-state index < -0.39 is 0 Å². The van der Waals surface area contributed by atoms with Gasteiger partial charge in [-0.15, -0.1) is 0 Å². The maximum absolute atomic E-state index is 12.3. The highest BCUT2D eigenvalue weighted by molar-refractivity contribution is 6.36. The minimum Gasteiger partial charge on any atom is -0.296 e. The van der Waals surface area contributed by atoms with Crippen LogP contribution in [-0.2, 0) is 4.79 Å². The Labute approximate surface area is 156 Å². The fraction of sp³-hybridized carbons (Fsp3) is 0.278. The van der Waals surface area contributed by atoms with Gasteiger partial charge in [-0.1, -0.05) is 36.5 Å². The van der Waals surface area contributed by atoms with Gasteiger partial charge in [0.25, 0.3) is 0 Å². The van der Waals surface area contributed by atoms with Crippen molar-refractivity contribution in [2.75, 3.05) is 11.4 Å². The van der Waals surface area contributed by atoms with E-state index in [2.05, 4.69) is 16.9 Å². The summed E-state index contributed by atoms with van der Waals surface area (Å²) in [6.07, 6.45) is 5.39. The summed E-state index contributed by atoms with van der Waals surface area (Å²) in [6, 6.07) is 7.05. The molecule has 0 saturated carbocycles. The number of imidazole rings is 1. The third-order valence-corrected chi connectivity index (χ3v) is 4.48. The Balaban J connectivity index is 2.26. The molecular formula is C18H18Cl2N4O. The van der Waals surface area contributed by atoms with Crippen molar-refractivity contribution in [3.8, 4) is 11.3 Å². The number of carbonyl (C=O) groups is 1. The van der Waals surface area contributed by atoms with Crippen LogP contribution in [0.1, 0.15) is 26.7 Å². The van der Waals surface area contributed by atoms with Crippen molar-refractivity contribution in [3.63, 3.8) is 0 Å². The van der Waals surface area contributed by atoms with Crippen molar-refractivity contribution in [1.29, 1.82) is 0 Å². The van der Waals surface area contributed by atoms with Gasteiger partial charge in [-0.05, 0) is 30.7 Å². The summed E-state index contributed by atoms with van der Waals surface area (Å²) in [5.41, 5.74) is 1.33. The molecule has 0 atom stereocenters. The smallest absolute Gasteiger partial charge is 0.235 e. The van der Waals surface area contributed by atoms with E-state index in [9.17, 15) is 4.79 Å². The number of aromatic nitrogens is 3. The quantitative estimate of drug-likeness (QED) is 0.638. The summed E-state index contributed by atoms with van der Waals surface area (Å²) in [6.45, 7) is 4.25. The molecule has 0 aliphatic carbocycles. The van der Waals surface area contributed by atoms with Crippen LogP contribution in [0.4, 0.5) is 5.82 Å². The van der Waals surface area contributed by atoms with E-state index >= 15 is 0 Å². The van der Waals surface area contributed by atoms with Crippen molar-refractivity contribution < 1.29 is 4.79 Å². The van der Waals surface area contributed by atoms with Crippen molar-refractivity contribution in [2.45, 2.75) is 26.7 Å². The lowest BCUT2D eigenvalue weighted by Crippen LogP contribution is -2.31. The highest BCUT2D eigenvalue weighted by Crippen LogP contribution is 2.36. The van der Waals surface area contributed by atoms with E-state index in [1.54, 1.807) is 30.2 Å². The molecule has 0 unspecified atom stereocenters. The van der Waals surface area contributed by atoms with Crippen LogP contribution in [-0.4, -0.2) is 26.8 Å². The summed E-state index contributed by atoms with van der Waals surface area (Å²) in [7, 11) is 0. The molecule has 1 amide bonds. The number of benzene rings is 1. The van der Waals surface area contributed by atoms with Crippen LogP contribution in [0.2, 0.25) is 10.0 Å². The molecule has 3 aromatic rings. The first-order chi connectivity index (χ1) is 12.0. The number of carbonyl (C=O) groups excluding carboxylic acids is 1.